The van der Waals surface area contributed by atoms with Gasteiger partial charge >= 0.3 is 0 Å². The summed E-state index contributed by atoms with van der Waals surface area (Å²) < 4.78 is 0. The Morgan fingerprint density at radius 3 is 1.83 bits per heavy atom. The molecule has 0 amide bonds. The van der Waals surface area contributed by atoms with Crippen LogP contribution in [0.2, 0.25) is 0 Å². The fourth-order valence-corrected chi connectivity index (χ4v) is 3.25. The van der Waals surface area contributed by atoms with Gasteiger partial charge in [-0.05, 0) is 41.7 Å². The summed E-state index contributed by atoms with van der Waals surface area (Å²) in [6.07, 6.45) is 8.31. The van der Waals surface area contributed by atoms with Gasteiger partial charge < -0.3 is 0 Å². The lowest BCUT2D eigenvalue weighted by Gasteiger charge is -2.22. The lowest BCUT2D eigenvalue weighted by molar-refractivity contribution is 0.443. The molecular formula is C23H32. The first-order valence-electron chi connectivity index (χ1n) is 9.24. The first-order chi connectivity index (χ1) is 11.1. The zero-order valence-corrected chi connectivity index (χ0v) is 15.1. The van der Waals surface area contributed by atoms with E-state index >= 15 is 0 Å². The molecule has 0 N–H and O–H groups in total. The monoisotopic (exact) mass is 308 g/mol. The normalized spacial score (nSPS) is 15.6. The standard InChI is InChI=1S/C12H16.C11H16/c1-3-7-11(8-4-1)12-9-5-2-6-10-12;1-4-11(2,3)10-8-6-5-7-9-10/h1,3-4,7-8,12H,2,5-6,9-10H2;5-9H,4H2,1-3H3. The molecule has 0 heterocycles. The Morgan fingerprint density at radius 1 is 0.783 bits per heavy atom. The molecule has 0 radical (unpaired) electrons. The van der Waals surface area contributed by atoms with Crippen LogP contribution in [0.25, 0.3) is 0 Å². The molecule has 0 spiro atoms. The summed E-state index contributed by atoms with van der Waals surface area (Å²) in [5, 5.41) is 0. The lowest BCUT2D eigenvalue weighted by atomic mass is 9.82. The molecular weight excluding hydrogens is 276 g/mol. The number of benzene rings is 2. The van der Waals surface area contributed by atoms with E-state index in [4.69, 9.17) is 0 Å². The molecule has 0 nitrogen and oxygen atoms in total. The van der Waals surface area contributed by atoms with Gasteiger partial charge in [0.2, 0.25) is 0 Å². The summed E-state index contributed by atoms with van der Waals surface area (Å²) in [7, 11) is 0. The summed E-state index contributed by atoms with van der Waals surface area (Å²) in [6.45, 7) is 6.79. The topological polar surface area (TPSA) is 0 Å². The zero-order chi connectivity index (χ0) is 16.5. The Bertz CT molecular complexity index is 533. The highest BCUT2D eigenvalue weighted by atomic mass is 14.2. The van der Waals surface area contributed by atoms with Gasteiger partial charge in [0, 0.05) is 0 Å². The number of rotatable bonds is 3. The van der Waals surface area contributed by atoms with Crippen LogP contribution in [0.15, 0.2) is 60.7 Å². The highest BCUT2D eigenvalue weighted by Gasteiger charge is 2.16. The van der Waals surface area contributed by atoms with Crippen molar-refractivity contribution in [3.8, 4) is 0 Å². The summed E-state index contributed by atoms with van der Waals surface area (Å²) in [6, 6.07) is 21.6. The maximum atomic E-state index is 2.28. The molecule has 0 atom stereocenters. The molecule has 1 aliphatic rings. The molecule has 3 rings (SSSR count). The molecule has 1 saturated carbocycles. The minimum absolute atomic E-state index is 0.335. The van der Waals surface area contributed by atoms with Crippen LogP contribution < -0.4 is 0 Å². The second kappa shape index (κ2) is 8.91. The van der Waals surface area contributed by atoms with Crippen molar-refractivity contribution in [3.63, 3.8) is 0 Å². The van der Waals surface area contributed by atoms with Crippen molar-refractivity contribution in [2.24, 2.45) is 0 Å². The maximum Gasteiger partial charge on any atom is -0.0106 e. The van der Waals surface area contributed by atoms with Crippen LogP contribution in [0.4, 0.5) is 0 Å². The molecule has 1 fully saturated rings. The molecule has 2 aromatic rings. The predicted octanol–water partition coefficient (Wildman–Crippen LogP) is 7.11. The largest absolute Gasteiger partial charge is 0.0646 e. The maximum absolute atomic E-state index is 2.28. The molecule has 0 bridgehead atoms. The summed E-state index contributed by atoms with van der Waals surface area (Å²) in [5.74, 6) is 0.861. The van der Waals surface area contributed by atoms with Gasteiger partial charge in [0.25, 0.3) is 0 Å². The fourth-order valence-electron chi connectivity index (χ4n) is 3.25. The SMILES string of the molecule is CCC(C)(C)c1ccccc1.c1ccc(C2CCCCC2)cc1. The Balaban J connectivity index is 0.000000168. The molecule has 23 heavy (non-hydrogen) atoms. The van der Waals surface area contributed by atoms with Crippen LogP contribution in [0.3, 0.4) is 0 Å². The van der Waals surface area contributed by atoms with Crippen LogP contribution in [0, 0.1) is 0 Å². The Labute approximate surface area is 143 Å². The van der Waals surface area contributed by atoms with Gasteiger partial charge in [0.05, 0.1) is 0 Å². The quantitative estimate of drug-likeness (QED) is 0.567. The third kappa shape index (κ3) is 5.53. The van der Waals surface area contributed by atoms with Crippen molar-refractivity contribution in [2.45, 2.75) is 70.6 Å². The van der Waals surface area contributed by atoms with E-state index < -0.39 is 0 Å². The minimum Gasteiger partial charge on any atom is -0.0646 e. The van der Waals surface area contributed by atoms with Gasteiger partial charge in [0.1, 0.15) is 0 Å². The van der Waals surface area contributed by atoms with E-state index in [2.05, 4.69) is 81.4 Å². The van der Waals surface area contributed by atoms with Gasteiger partial charge in [-0.25, -0.2) is 0 Å². The number of hydrogen-bond donors (Lipinski definition) is 0. The molecule has 0 aliphatic heterocycles. The van der Waals surface area contributed by atoms with E-state index in [1.165, 1.54) is 44.1 Å². The summed E-state index contributed by atoms with van der Waals surface area (Å²) >= 11 is 0. The van der Waals surface area contributed by atoms with E-state index in [0.29, 0.717) is 5.41 Å². The molecule has 124 valence electrons. The highest BCUT2D eigenvalue weighted by Crippen LogP contribution is 2.32. The van der Waals surface area contributed by atoms with E-state index in [9.17, 15) is 0 Å². The van der Waals surface area contributed by atoms with E-state index in [-0.39, 0.29) is 0 Å². The smallest absolute Gasteiger partial charge is 0.0106 e. The second-order valence-electron chi connectivity index (χ2n) is 7.35. The molecule has 0 heteroatoms. The van der Waals surface area contributed by atoms with Crippen molar-refractivity contribution in [3.05, 3.63) is 71.8 Å². The van der Waals surface area contributed by atoms with Crippen LogP contribution in [0.1, 0.15) is 76.3 Å². The van der Waals surface area contributed by atoms with Gasteiger partial charge in [0.15, 0.2) is 0 Å². The molecule has 0 aromatic heterocycles. The Kier molecular flexibility index (Phi) is 6.89. The van der Waals surface area contributed by atoms with Crippen LogP contribution in [0.5, 0.6) is 0 Å². The van der Waals surface area contributed by atoms with E-state index in [0.717, 1.165) is 5.92 Å². The predicted molar refractivity (Wildman–Crippen MR) is 102 cm³/mol. The summed E-state index contributed by atoms with van der Waals surface area (Å²) in [4.78, 5) is 0. The van der Waals surface area contributed by atoms with Crippen LogP contribution in [-0.4, -0.2) is 0 Å². The average molecular weight is 309 g/mol. The third-order valence-corrected chi connectivity index (χ3v) is 5.32. The van der Waals surface area contributed by atoms with Crippen LogP contribution in [-0.2, 0) is 5.41 Å². The fraction of sp³-hybridized carbons (Fsp3) is 0.478. The average Bonchev–Trinajstić information content (AvgIpc) is 2.64. The van der Waals surface area contributed by atoms with Gasteiger partial charge in [-0.3, -0.25) is 0 Å². The number of hydrogen-bond acceptors (Lipinski definition) is 0. The molecule has 0 unspecified atom stereocenters. The highest BCUT2D eigenvalue weighted by molar-refractivity contribution is 5.23. The Hall–Kier alpha value is -1.56. The summed E-state index contributed by atoms with van der Waals surface area (Å²) in [5.41, 5.74) is 3.32. The van der Waals surface area contributed by atoms with E-state index in [1.54, 1.807) is 5.56 Å². The van der Waals surface area contributed by atoms with Crippen LogP contribution >= 0.6 is 0 Å². The second-order valence-corrected chi connectivity index (χ2v) is 7.35. The lowest BCUT2D eigenvalue weighted by Crippen LogP contribution is -2.14. The Morgan fingerprint density at radius 2 is 1.30 bits per heavy atom. The van der Waals surface area contributed by atoms with E-state index in [1.807, 2.05) is 0 Å². The van der Waals surface area contributed by atoms with Crippen molar-refractivity contribution in [2.75, 3.05) is 0 Å². The van der Waals surface area contributed by atoms with Crippen molar-refractivity contribution >= 4 is 0 Å². The van der Waals surface area contributed by atoms with Crippen molar-refractivity contribution in [1.82, 2.24) is 0 Å². The third-order valence-electron chi connectivity index (χ3n) is 5.32. The van der Waals surface area contributed by atoms with Gasteiger partial charge in [-0.2, -0.15) is 0 Å². The molecule has 2 aromatic carbocycles. The molecule has 1 aliphatic carbocycles. The van der Waals surface area contributed by atoms with Crippen molar-refractivity contribution < 1.29 is 0 Å². The zero-order valence-electron chi connectivity index (χ0n) is 15.1. The minimum atomic E-state index is 0.335. The van der Waals surface area contributed by atoms with Gasteiger partial charge in [-0.15, -0.1) is 0 Å². The molecule has 0 saturated heterocycles. The first kappa shape index (κ1) is 17.8. The van der Waals surface area contributed by atoms with Gasteiger partial charge in [-0.1, -0.05) is 101 Å². The first-order valence-corrected chi connectivity index (χ1v) is 9.24. The van der Waals surface area contributed by atoms with Crippen molar-refractivity contribution in [1.29, 1.82) is 0 Å².